The lowest BCUT2D eigenvalue weighted by Gasteiger charge is -2.12. The van der Waals surface area contributed by atoms with Gasteiger partial charge in [0.25, 0.3) is 11.6 Å². The number of rotatable bonds is 5. The Morgan fingerprint density at radius 2 is 1.70 bits per heavy atom. The van der Waals surface area contributed by atoms with Gasteiger partial charge in [-0.25, -0.2) is 0 Å². The number of amides is 1. The fourth-order valence-electron chi connectivity index (χ4n) is 1.84. The van der Waals surface area contributed by atoms with Gasteiger partial charge in [-0.15, -0.1) is 0 Å². The molecule has 0 aliphatic heterocycles. The predicted octanol–water partition coefficient (Wildman–Crippen LogP) is 1.23. The summed E-state index contributed by atoms with van der Waals surface area (Å²) in [6.45, 7) is 0. The van der Waals surface area contributed by atoms with E-state index in [9.17, 15) is 29.9 Å². The van der Waals surface area contributed by atoms with Crippen LogP contribution < -0.4 is 5.32 Å². The van der Waals surface area contributed by atoms with Gasteiger partial charge in [-0.1, -0.05) is 12.1 Å². The molecule has 0 heterocycles. The van der Waals surface area contributed by atoms with Crippen LogP contribution in [-0.2, 0) is 0 Å². The maximum atomic E-state index is 12.0. The molecule has 1 unspecified atom stereocenters. The number of nitro groups is 1. The fourth-order valence-corrected chi connectivity index (χ4v) is 1.84. The summed E-state index contributed by atoms with van der Waals surface area (Å²) in [5.41, 5.74) is -0.294. The number of Topliss-reactive ketones (excluding diaryl/α,β-unsaturated/α-hetero) is 1. The maximum absolute atomic E-state index is 12.0. The minimum Gasteiger partial charge on any atom is -0.507 e. The van der Waals surface area contributed by atoms with Crippen LogP contribution in [0.5, 0.6) is 5.75 Å². The van der Waals surface area contributed by atoms with Gasteiger partial charge in [-0.2, -0.15) is 0 Å². The molecule has 0 aliphatic carbocycles. The molecular weight excluding hydrogens is 304 g/mol. The van der Waals surface area contributed by atoms with Crippen LogP contribution in [0.3, 0.4) is 0 Å². The van der Waals surface area contributed by atoms with Crippen molar-refractivity contribution in [3.63, 3.8) is 0 Å². The number of hydrogen-bond acceptors (Lipinski definition) is 6. The number of carbonyl (C=O) groups is 2. The summed E-state index contributed by atoms with van der Waals surface area (Å²) in [5, 5.41) is 31.9. The number of carbonyl (C=O) groups excluding carboxylic acids is 2. The average molecular weight is 316 g/mol. The number of aromatic hydroxyl groups is 1. The van der Waals surface area contributed by atoms with Crippen molar-refractivity contribution in [3.05, 3.63) is 69.8 Å². The van der Waals surface area contributed by atoms with Gasteiger partial charge in [0.2, 0.25) is 5.78 Å². The summed E-state index contributed by atoms with van der Waals surface area (Å²) in [6.07, 6.45) is -1.84. The Hall–Kier alpha value is -3.26. The van der Waals surface area contributed by atoms with E-state index in [0.29, 0.717) is 0 Å². The normalized spacial score (nSPS) is 11.5. The number of ketones is 1. The minimum atomic E-state index is -1.84. The third-order valence-electron chi connectivity index (χ3n) is 3.03. The quantitative estimate of drug-likeness (QED) is 0.329. The monoisotopic (exact) mass is 316 g/mol. The zero-order chi connectivity index (χ0) is 17.0. The second-order valence-electron chi connectivity index (χ2n) is 4.56. The van der Waals surface area contributed by atoms with Crippen molar-refractivity contribution >= 4 is 17.4 Å². The molecule has 0 aromatic heterocycles. The molecule has 0 saturated carbocycles. The summed E-state index contributed by atoms with van der Waals surface area (Å²) in [6, 6.07) is 10.2. The third kappa shape index (κ3) is 3.69. The third-order valence-corrected chi connectivity index (χ3v) is 3.03. The number of para-hydroxylation sites is 1. The molecule has 0 aliphatic rings. The van der Waals surface area contributed by atoms with Crippen molar-refractivity contribution < 1.29 is 24.7 Å². The standard InChI is InChI=1S/C15H12N2O6/c18-12-4-2-1-3-11(12)14(20)16-15(21)13(19)9-5-7-10(8-6-9)17(22)23/h1-8,15,18,21H,(H,16,20). The van der Waals surface area contributed by atoms with E-state index in [4.69, 9.17) is 0 Å². The van der Waals surface area contributed by atoms with Crippen LogP contribution in [0.15, 0.2) is 48.5 Å². The van der Waals surface area contributed by atoms with Gasteiger partial charge in [0.05, 0.1) is 10.5 Å². The van der Waals surface area contributed by atoms with Crippen LogP contribution in [0.25, 0.3) is 0 Å². The highest BCUT2D eigenvalue weighted by Gasteiger charge is 2.21. The van der Waals surface area contributed by atoms with E-state index in [1.165, 1.54) is 36.4 Å². The first-order chi connectivity index (χ1) is 10.9. The number of hydrogen-bond donors (Lipinski definition) is 3. The topological polar surface area (TPSA) is 130 Å². The molecule has 0 fully saturated rings. The van der Waals surface area contributed by atoms with E-state index in [2.05, 4.69) is 0 Å². The largest absolute Gasteiger partial charge is 0.507 e. The van der Waals surface area contributed by atoms with Crippen LogP contribution in [0, 0.1) is 10.1 Å². The van der Waals surface area contributed by atoms with Crippen molar-refractivity contribution in [1.29, 1.82) is 0 Å². The number of nitrogens with zero attached hydrogens (tertiary/aromatic N) is 1. The maximum Gasteiger partial charge on any atom is 0.269 e. The van der Waals surface area contributed by atoms with Gasteiger partial charge in [0, 0.05) is 17.7 Å². The first-order valence-electron chi connectivity index (χ1n) is 6.45. The molecule has 0 saturated heterocycles. The lowest BCUT2D eigenvalue weighted by molar-refractivity contribution is -0.384. The summed E-state index contributed by atoms with van der Waals surface area (Å²) >= 11 is 0. The summed E-state index contributed by atoms with van der Waals surface area (Å²) in [4.78, 5) is 33.8. The van der Waals surface area contributed by atoms with Crippen LogP contribution in [0.1, 0.15) is 20.7 Å². The van der Waals surface area contributed by atoms with E-state index < -0.39 is 22.8 Å². The molecule has 8 heteroatoms. The van der Waals surface area contributed by atoms with Crippen molar-refractivity contribution in [2.75, 3.05) is 0 Å². The number of nitrogens with one attached hydrogen (secondary N) is 1. The minimum absolute atomic E-state index is 0.000633. The van der Waals surface area contributed by atoms with Crippen LogP contribution in [-0.4, -0.2) is 33.1 Å². The number of nitro benzene ring substituents is 1. The van der Waals surface area contributed by atoms with Gasteiger partial charge in [0.1, 0.15) is 5.75 Å². The Bertz CT molecular complexity index is 757. The molecule has 2 rings (SSSR count). The number of phenolic OH excluding ortho intramolecular Hbond substituents is 1. The van der Waals surface area contributed by atoms with E-state index in [1.807, 2.05) is 5.32 Å². The Morgan fingerprint density at radius 1 is 1.09 bits per heavy atom. The summed E-state index contributed by atoms with van der Waals surface area (Å²) in [7, 11) is 0. The van der Waals surface area contributed by atoms with E-state index in [0.717, 1.165) is 12.1 Å². The number of benzene rings is 2. The SMILES string of the molecule is O=C(NC(O)C(=O)c1ccc([N+](=O)[O-])cc1)c1ccccc1O. The highest BCUT2D eigenvalue weighted by atomic mass is 16.6. The molecule has 1 amide bonds. The zero-order valence-electron chi connectivity index (χ0n) is 11.7. The first-order valence-corrected chi connectivity index (χ1v) is 6.45. The molecular formula is C15H12N2O6. The molecule has 23 heavy (non-hydrogen) atoms. The lowest BCUT2D eigenvalue weighted by Crippen LogP contribution is -2.40. The molecule has 0 radical (unpaired) electrons. The molecule has 8 nitrogen and oxygen atoms in total. The van der Waals surface area contributed by atoms with Gasteiger partial charge < -0.3 is 15.5 Å². The Kier molecular flexibility index (Phi) is 4.67. The Balaban J connectivity index is 2.09. The van der Waals surface area contributed by atoms with Crippen LogP contribution in [0.4, 0.5) is 5.69 Å². The second-order valence-corrected chi connectivity index (χ2v) is 4.56. The predicted molar refractivity (Wildman–Crippen MR) is 79.0 cm³/mol. The number of non-ortho nitro benzene ring substituents is 1. The molecule has 2 aromatic carbocycles. The van der Waals surface area contributed by atoms with Gasteiger partial charge in [-0.05, 0) is 24.3 Å². The molecule has 1 atom stereocenters. The van der Waals surface area contributed by atoms with E-state index in [-0.39, 0.29) is 22.6 Å². The van der Waals surface area contributed by atoms with Crippen molar-refractivity contribution in [2.45, 2.75) is 6.23 Å². The average Bonchev–Trinajstić information content (AvgIpc) is 2.54. The Morgan fingerprint density at radius 3 is 2.26 bits per heavy atom. The van der Waals surface area contributed by atoms with Crippen LogP contribution in [0.2, 0.25) is 0 Å². The van der Waals surface area contributed by atoms with Crippen LogP contribution >= 0.6 is 0 Å². The lowest BCUT2D eigenvalue weighted by atomic mass is 10.1. The van der Waals surface area contributed by atoms with Gasteiger partial charge in [-0.3, -0.25) is 19.7 Å². The van der Waals surface area contributed by atoms with Crippen molar-refractivity contribution in [1.82, 2.24) is 5.32 Å². The van der Waals surface area contributed by atoms with Crippen molar-refractivity contribution in [2.24, 2.45) is 0 Å². The van der Waals surface area contributed by atoms with Crippen molar-refractivity contribution in [3.8, 4) is 5.75 Å². The first kappa shape index (κ1) is 16.1. The molecule has 0 bridgehead atoms. The highest BCUT2D eigenvalue weighted by molar-refractivity contribution is 6.04. The van der Waals surface area contributed by atoms with E-state index >= 15 is 0 Å². The summed E-state index contributed by atoms with van der Waals surface area (Å²) in [5.74, 6) is -1.95. The molecule has 0 spiro atoms. The molecule has 3 N–H and O–H groups in total. The van der Waals surface area contributed by atoms with E-state index in [1.54, 1.807) is 0 Å². The molecule has 2 aromatic rings. The summed E-state index contributed by atoms with van der Waals surface area (Å²) < 4.78 is 0. The smallest absolute Gasteiger partial charge is 0.269 e. The fraction of sp³-hybridized carbons (Fsp3) is 0.0667. The van der Waals surface area contributed by atoms with Gasteiger partial charge in [0.15, 0.2) is 6.23 Å². The van der Waals surface area contributed by atoms with Gasteiger partial charge >= 0.3 is 0 Å². The number of aliphatic hydroxyl groups is 1. The second kappa shape index (κ2) is 6.67. The molecule has 118 valence electrons. The Labute approximate surface area is 130 Å². The highest BCUT2D eigenvalue weighted by Crippen LogP contribution is 2.16. The zero-order valence-corrected chi connectivity index (χ0v) is 11.7. The number of aliphatic hydroxyl groups excluding tert-OH is 1. The number of phenols is 1.